The summed E-state index contributed by atoms with van der Waals surface area (Å²) in [4.78, 5) is 0. The van der Waals surface area contributed by atoms with Crippen molar-refractivity contribution in [2.24, 2.45) is 5.84 Å². The molecular weight excluding hydrogens is 148 g/mol. The number of benzene rings is 1. The van der Waals surface area contributed by atoms with Crippen LogP contribution in [-0.2, 0) is 0 Å². The maximum absolute atomic E-state index is 5.82. The van der Waals surface area contributed by atoms with Crippen LogP contribution in [0.4, 0.5) is 5.69 Å². The Kier molecular flexibility index (Phi) is 2.71. The van der Waals surface area contributed by atoms with Gasteiger partial charge in [-0.2, -0.15) is 0 Å². The normalized spacial score (nSPS) is 10.4. The van der Waals surface area contributed by atoms with Crippen LogP contribution in [0.15, 0.2) is 24.3 Å². The van der Waals surface area contributed by atoms with Gasteiger partial charge < -0.3 is 5.01 Å². The fraction of sp³-hybridized carbons (Fsp3) is 0.400. The Morgan fingerprint density at radius 2 is 1.67 bits per heavy atom. The first kappa shape index (κ1) is 9.07. The summed E-state index contributed by atoms with van der Waals surface area (Å²) in [5, 5.41) is 1.76. The monoisotopic (exact) mass is 164 g/mol. The SMILES string of the molecule is Cc1ccc(N(N)C(C)C)cc1. The molecule has 2 nitrogen and oxygen atoms in total. The highest BCUT2D eigenvalue weighted by molar-refractivity contribution is 5.46. The number of rotatable bonds is 2. The summed E-state index contributed by atoms with van der Waals surface area (Å²) < 4.78 is 0. The quantitative estimate of drug-likeness (QED) is 0.535. The van der Waals surface area contributed by atoms with Crippen LogP contribution in [0, 0.1) is 6.92 Å². The lowest BCUT2D eigenvalue weighted by molar-refractivity contribution is 0.711. The standard InChI is InChI=1S/C10H16N2/c1-8(2)12(11)10-6-4-9(3)5-7-10/h4-8H,11H2,1-3H3. The summed E-state index contributed by atoms with van der Waals surface area (Å²) >= 11 is 0. The maximum atomic E-state index is 5.82. The molecule has 0 spiro atoms. The van der Waals surface area contributed by atoms with E-state index in [4.69, 9.17) is 5.84 Å². The maximum Gasteiger partial charge on any atom is 0.0520 e. The topological polar surface area (TPSA) is 29.3 Å². The lowest BCUT2D eigenvalue weighted by Crippen LogP contribution is -2.37. The van der Waals surface area contributed by atoms with Gasteiger partial charge in [-0.3, -0.25) is 0 Å². The predicted octanol–water partition coefficient (Wildman–Crippen LogP) is 2.08. The lowest BCUT2D eigenvalue weighted by Gasteiger charge is -2.22. The van der Waals surface area contributed by atoms with E-state index in [1.165, 1.54) is 5.56 Å². The zero-order valence-electron chi connectivity index (χ0n) is 7.91. The highest BCUT2D eigenvalue weighted by Crippen LogP contribution is 2.13. The van der Waals surface area contributed by atoms with E-state index >= 15 is 0 Å². The van der Waals surface area contributed by atoms with Crippen LogP contribution in [-0.4, -0.2) is 6.04 Å². The fourth-order valence-corrected chi connectivity index (χ4v) is 1.02. The molecule has 0 aliphatic rings. The van der Waals surface area contributed by atoms with Gasteiger partial charge in [0.2, 0.25) is 0 Å². The van der Waals surface area contributed by atoms with Gasteiger partial charge in [-0.25, -0.2) is 5.84 Å². The van der Waals surface area contributed by atoms with E-state index in [0.717, 1.165) is 5.69 Å². The zero-order valence-corrected chi connectivity index (χ0v) is 7.91. The molecule has 0 unspecified atom stereocenters. The number of nitrogens with zero attached hydrogens (tertiary/aromatic N) is 1. The molecule has 1 aromatic rings. The van der Waals surface area contributed by atoms with E-state index in [0.29, 0.717) is 6.04 Å². The highest BCUT2D eigenvalue weighted by Gasteiger charge is 2.03. The first-order valence-corrected chi connectivity index (χ1v) is 4.22. The molecule has 0 amide bonds. The molecule has 0 bridgehead atoms. The van der Waals surface area contributed by atoms with Gasteiger partial charge in [-0.05, 0) is 32.9 Å². The molecule has 0 radical (unpaired) electrons. The van der Waals surface area contributed by atoms with Gasteiger partial charge in [-0.1, -0.05) is 17.7 Å². The van der Waals surface area contributed by atoms with Crippen molar-refractivity contribution < 1.29 is 0 Å². The van der Waals surface area contributed by atoms with E-state index < -0.39 is 0 Å². The van der Waals surface area contributed by atoms with Crippen LogP contribution in [0.25, 0.3) is 0 Å². The predicted molar refractivity (Wildman–Crippen MR) is 53.0 cm³/mol. The van der Waals surface area contributed by atoms with Crippen molar-refractivity contribution in [3.8, 4) is 0 Å². The highest BCUT2D eigenvalue weighted by atomic mass is 15.4. The molecule has 2 N–H and O–H groups in total. The molecule has 0 aliphatic carbocycles. The van der Waals surface area contributed by atoms with Crippen molar-refractivity contribution in [2.45, 2.75) is 26.8 Å². The average molecular weight is 164 g/mol. The molecule has 0 fully saturated rings. The van der Waals surface area contributed by atoms with Gasteiger partial charge in [0.15, 0.2) is 0 Å². The number of anilines is 1. The van der Waals surface area contributed by atoms with Crippen LogP contribution in [0.1, 0.15) is 19.4 Å². The Hall–Kier alpha value is -1.02. The molecule has 0 saturated carbocycles. The second-order valence-corrected chi connectivity index (χ2v) is 3.34. The molecular formula is C10H16N2. The molecule has 0 aromatic heterocycles. The number of nitrogens with two attached hydrogens (primary N) is 1. The van der Waals surface area contributed by atoms with E-state index in [2.05, 4.69) is 32.9 Å². The van der Waals surface area contributed by atoms with E-state index in [-0.39, 0.29) is 0 Å². The van der Waals surface area contributed by atoms with Gasteiger partial charge in [0.05, 0.1) is 5.69 Å². The molecule has 66 valence electrons. The summed E-state index contributed by atoms with van der Waals surface area (Å²) in [6.45, 7) is 6.21. The summed E-state index contributed by atoms with van der Waals surface area (Å²) in [5.41, 5.74) is 2.33. The zero-order chi connectivity index (χ0) is 9.14. The van der Waals surface area contributed by atoms with Gasteiger partial charge >= 0.3 is 0 Å². The van der Waals surface area contributed by atoms with Gasteiger partial charge in [0.1, 0.15) is 0 Å². The lowest BCUT2D eigenvalue weighted by atomic mass is 10.2. The van der Waals surface area contributed by atoms with Crippen LogP contribution >= 0.6 is 0 Å². The van der Waals surface area contributed by atoms with Gasteiger partial charge in [-0.15, -0.1) is 0 Å². The van der Waals surface area contributed by atoms with Crippen molar-refractivity contribution in [2.75, 3.05) is 5.01 Å². The van der Waals surface area contributed by atoms with Crippen molar-refractivity contribution in [1.82, 2.24) is 0 Å². The third-order valence-electron chi connectivity index (χ3n) is 1.89. The van der Waals surface area contributed by atoms with Crippen molar-refractivity contribution in [3.63, 3.8) is 0 Å². The molecule has 1 rings (SSSR count). The van der Waals surface area contributed by atoms with Gasteiger partial charge in [0.25, 0.3) is 0 Å². The fourth-order valence-electron chi connectivity index (χ4n) is 1.02. The summed E-state index contributed by atoms with van der Waals surface area (Å²) in [5.74, 6) is 5.82. The molecule has 1 aromatic carbocycles. The Labute approximate surface area is 74.0 Å². The second-order valence-electron chi connectivity index (χ2n) is 3.34. The average Bonchev–Trinajstić information content (AvgIpc) is 2.04. The summed E-state index contributed by atoms with van der Waals surface area (Å²) in [6, 6.07) is 8.55. The van der Waals surface area contributed by atoms with Crippen LogP contribution < -0.4 is 10.9 Å². The first-order chi connectivity index (χ1) is 5.61. The van der Waals surface area contributed by atoms with Crippen molar-refractivity contribution >= 4 is 5.69 Å². The Bertz CT molecular complexity index is 239. The van der Waals surface area contributed by atoms with Crippen LogP contribution in [0.3, 0.4) is 0 Å². The largest absolute Gasteiger partial charge is 0.309 e. The van der Waals surface area contributed by atoms with Crippen molar-refractivity contribution in [1.29, 1.82) is 0 Å². The second kappa shape index (κ2) is 3.59. The molecule has 12 heavy (non-hydrogen) atoms. The third-order valence-corrected chi connectivity index (χ3v) is 1.89. The number of aryl methyl sites for hydroxylation is 1. The minimum atomic E-state index is 0.340. The van der Waals surface area contributed by atoms with Crippen molar-refractivity contribution in [3.05, 3.63) is 29.8 Å². The minimum Gasteiger partial charge on any atom is -0.309 e. The molecule has 0 aliphatic heterocycles. The van der Waals surface area contributed by atoms with Crippen LogP contribution in [0.2, 0.25) is 0 Å². The summed E-state index contributed by atoms with van der Waals surface area (Å²) in [7, 11) is 0. The van der Waals surface area contributed by atoms with Crippen LogP contribution in [0.5, 0.6) is 0 Å². The minimum absolute atomic E-state index is 0.340. The Balaban J connectivity index is 2.82. The smallest absolute Gasteiger partial charge is 0.0520 e. The molecule has 0 saturated heterocycles. The molecule has 2 heteroatoms. The molecule has 0 heterocycles. The molecule has 0 atom stereocenters. The number of hydrogen-bond donors (Lipinski definition) is 1. The van der Waals surface area contributed by atoms with E-state index in [1.807, 2.05) is 12.1 Å². The number of hydrogen-bond acceptors (Lipinski definition) is 2. The Morgan fingerprint density at radius 1 is 1.17 bits per heavy atom. The summed E-state index contributed by atoms with van der Waals surface area (Å²) in [6.07, 6.45) is 0. The first-order valence-electron chi connectivity index (χ1n) is 4.22. The van der Waals surface area contributed by atoms with E-state index in [9.17, 15) is 0 Å². The third kappa shape index (κ3) is 1.98. The Morgan fingerprint density at radius 3 is 2.08 bits per heavy atom. The van der Waals surface area contributed by atoms with E-state index in [1.54, 1.807) is 5.01 Å². The number of hydrazine groups is 1. The van der Waals surface area contributed by atoms with Gasteiger partial charge in [0, 0.05) is 6.04 Å².